The van der Waals surface area contributed by atoms with Crippen molar-refractivity contribution in [3.05, 3.63) is 70.4 Å². The van der Waals surface area contributed by atoms with Crippen molar-refractivity contribution in [2.75, 3.05) is 19.6 Å². The van der Waals surface area contributed by atoms with E-state index in [1.165, 1.54) is 5.39 Å². The molecule has 3 aromatic carbocycles. The molecule has 1 N–H and O–H groups in total. The number of aryl methyl sites for hydroxylation is 2. The van der Waals surface area contributed by atoms with Crippen molar-refractivity contribution in [3.63, 3.8) is 0 Å². The maximum atomic E-state index is 12.7. The van der Waals surface area contributed by atoms with Crippen LogP contribution in [0.1, 0.15) is 63.0 Å². The lowest BCUT2D eigenvalue weighted by molar-refractivity contribution is -0.160. The Morgan fingerprint density at radius 3 is 2.53 bits per heavy atom. The Bertz CT molecular complexity index is 1840. The molecule has 0 amide bonds. The first-order chi connectivity index (χ1) is 20.4. The van der Waals surface area contributed by atoms with Crippen LogP contribution in [0.3, 0.4) is 0 Å². The molecule has 2 atom stereocenters. The molecule has 0 bridgehead atoms. The van der Waals surface area contributed by atoms with E-state index in [2.05, 4.69) is 30.0 Å². The number of rotatable bonds is 7. The van der Waals surface area contributed by atoms with E-state index in [0.717, 1.165) is 74.7 Å². The first-order valence-corrected chi connectivity index (χ1v) is 15.9. The molecule has 1 saturated heterocycles. The number of halogens is 1. The Kier molecular flexibility index (Phi) is 7.84. The van der Waals surface area contributed by atoms with E-state index < -0.39 is 17.7 Å². The van der Waals surface area contributed by atoms with Gasteiger partial charge in [0.25, 0.3) is 0 Å². The van der Waals surface area contributed by atoms with E-state index in [-0.39, 0.29) is 0 Å². The van der Waals surface area contributed by atoms with Crippen molar-refractivity contribution in [1.29, 1.82) is 0 Å². The molecule has 1 fully saturated rings. The molecule has 0 radical (unpaired) electrons. The van der Waals surface area contributed by atoms with Gasteiger partial charge in [0.15, 0.2) is 6.10 Å². The Labute approximate surface area is 261 Å². The van der Waals surface area contributed by atoms with Crippen LogP contribution in [0.4, 0.5) is 0 Å². The fourth-order valence-electron chi connectivity index (χ4n) is 6.23. The first kappa shape index (κ1) is 29.8. The number of hydrogen-bond acceptors (Lipinski definition) is 6. The molecule has 2 unspecified atom stereocenters. The van der Waals surface area contributed by atoms with Crippen LogP contribution in [0, 0.1) is 6.92 Å². The molecule has 0 aliphatic carbocycles. The van der Waals surface area contributed by atoms with Crippen LogP contribution in [-0.2, 0) is 16.6 Å². The van der Waals surface area contributed by atoms with Gasteiger partial charge in [0.05, 0.1) is 27.0 Å². The van der Waals surface area contributed by atoms with Gasteiger partial charge in [0, 0.05) is 46.6 Å². The summed E-state index contributed by atoms with van der Waals surface area (Å²) in [5.41, 5.74) is 6.60. The molecule has 5 aromatic rings. The molecule has 43 heavy (non-hydrogen) atoms. The van der Waals surface area contributed by atoms with Crippen molar-refractivity contribution in [3.8, 4) is 21.7 Å². The fraction of sp³-hybridized carbons (Fsp3) is 0.382. The number of hydrogen-bond donors (Lipinski definition) is 1. The second-order valence-electron chi connectivity index (χ2n) is 12.4. The van der Waals surface area contributed by atoms with Gasteiger partial charge in [-0.1, -0.05) is 30.7 Å². The second-order valence-corrected chi connectivity index (χ2v) is 13.9. The van der Waals surface area contributed by atoms with Gasteiger partial charge in [-0.2, -0.15) is 5.10 Å². The number of thiazole rings is 1. The number of likely N-dealkylation sites (tertiary alicyclic amines) is 1. The standard InChI is InChI=1S/C34H37ClN4O3S/c1-7-39-15-14-22(18-39)29-24-17-21(10-13-26(24)38(6)37-29)32-36-25-16-19(2)27(30(33(40)41)42-34(3,4)5)28(31(25)43-32)20-8-11-23(35)12-9-20/h8-13,16-17,22,30H,7,14-15,18H2,1-6H3,(H,40,41). The lowest BCUT2D eigenvalue weighted by atomic mass is 9.91. The van der Waals surface area contributed by atoms with Crippen molar-refractivity contribution < 1.29 is 14.6 Å². The molecular weight excluding hydrogens is 580 g/mol. The van der Waals surface area contributed by atoms with Crippen LogP contribution in [0.25, 0.3) is 42.8 Å². The molecule has 224 valence electrons. The zero-order valence-corrected chi connectivity index (χ0v) is 27.0. The highest BCUT2D eigenvalue weighted by Gasteiger charge is 2.33. The van der Waals surface area contributed by atoms with E-state index >= 15 is 0 Å². The largest absolute Gasteiger partial charge is 0.479 e. The van der Waals surface area contributed by atoms with E-state index in [1.807, 2.05) is 69.8 Å². The minimum absolute atomic E-state index is 0.409. The van der Waals surface area contributed by atoms with Crippen LogP contribution >= 0.6 is 22.9 Å². The summed E-state index contributed by atoms with van der Waals surface area (Å²) in [6.45, 7) is 12.9. The highest BCUT2D eigenvalue weighted by Crippen LogP contribution is 2.45. The van der Waals surface area contributed by atoms with Crippen molar-refractivity contribution in [2.24, 2.45) is 7.05 Å². The SMILES string of the molecule is CCN1CCC(c2nn(C)c3ccc(-c4nc5cc(C)c(C(OC(C)(C)C)C(=O)O)c(-c6ccc(Cl)cc6)c5s4)cc23)C1. The van der Waals surface area contributed by atoms with Crippen LogP contribution < -0.4 is 0 Å². The normalized spacial score (nSPS) is 16.9. The predicted octanol–water partition coefficient (Wildman–Crippen LogP) is 8.23. The number of fused-ring (bicyclic) bond motifs is 2. The lowest BCUT2D eigenvalue weighted by Crippen LogP contribution is -2.28. The quantitative estimate of drug-likeness (QED) is 0.198. The third kappa shape index (κ3) is 5.69. The molecule has 2 aromatic heterocycles. The number of carboxylic acids is 1. The highest BCUT2D eigenvalue weighted by atomic mass is 35.5. The molecule has 7 nitrogen and oxygen atoms in total. The monoisotopic (exact) mass is 616 g/mol. The fourth-order valence-corrected chi connectivity index (χ4v) is 7.48. The summed E-state index contributed by atoms with van der Waals surface area (Å²) in [5, 5.41) is 18.0. The van der Waals surface area contributed by atoms with E-state index in [9.17, 15) is 9.90 Å². The van der Waals surface area contributed by atoms with Gasteiger partial charge < -0.3 is 14.7 Å². The Hall–Kier alpha value is -3.30. The summed E-state index contributed by atoms with van der Waals surface area (Å²) in [4.78, 5) is 20.3. The predicted molar refractivity (Wildman–Crippen MR) is 175 cm³/mol. The second kappa shape index (κ2) is 11.3. The van der Waals surface area contributed by atoms with E-state index in [0.29, 0.717) is 16.5 Å². The Balaban J connectivity index is 1.54. The highest BCUT2D eigenvalue weighted by molar-refractivity contribution is 7.22. The average molecular weight is 617 g/mol. The third-order valence-corrected chi connectivity index (χ3v) is 9.64. The summed E-state index contributed by atoms with van der Waals surface area (Å²) >= 11 is 7.84. The molecule has 3 heterocycles. The molecule has 0 spiro atoms. The summed E-state index contributed by atoms with van der Waals surface area (Å²) in [6, 6.07) is 16.0. The average Bonchev–Trinajstić information content (AvgIpc) is 3.68. The maximum Gasteiger partial charge on any atom is 0.337 e. The molecule has 1 aliphatic rings. The van der Waals surface area contributed by atoms with Crippen LogP contribution in [0.5, 0.6) is 0 Å². The molecule has 0 saturated carbocycles. The van der Waals surface area contributed by atoms with Crippen molar-refractivity contribution in [1.82, 2.24) is 19.7 Å². The number of carboxylic acid groups (broad SMARTS) is 1. The van der Waals surface area contributed by atoms with E-state index in [1.54, 1.807) is 11.3 Å². The summed E-state index contributed by atoms with van der Waals surface area (Å²) in [6.07, 6.45) is -0.0387. The smallest absolute Gasteiger partial charge is 0.337 e. The molecule has 1 aliphatic heterocycles. The summed E-state index contributed by atoms with van der Waals surface area (Å²) < 4.78 is 9.07. The minimum Gasteiger partial charge on any atom is -0.479 e. The van der Waals surface area contributed by atoms with Gasteiger partial charge in [-0.05, 0) is 94.7 Å². The van der Waals surface area contributed by atoms with Crippen LogP contribution in [0.2, 0.25) is 5.02 Å². The summed E-state index contributed by atoms with van der Waals surface area (Å²) in [7, 11) is 2.01. The van der Waals surface area contributed by atoms with Crippen LogP contribution in [-0.4, -0.2) is 56.0 Å². The van der Waals surface area contributed by atoms with E-state index in [4.69, 9.17) is 26.4 Å². The van der Waals surface area contributed by atoms with Crippen molar-refractivity contribution >= 4 is 50.0 Å². The van der Waals surface area contributed by atoms with Crippen molar-refractivity contribution in [2.45, 2.75) is 58.7 Å². The van der Waals surface area contributed by atoms with Gasteiger partial charge >= 0.3 is 5.97 Å². The Morgan fingerprint density at radius 2 is 1.88 bits per heavy atom. The number of likely N-dealkylation sites (N-methyl/N-ethyl adjacent to an activating group) is 1. The maximum absolute atomic E-state index is 12.7. The van der Waals surface area contributed by atoms with Gasteiger partial charge in [0.1, 0.15) is 5.01 Å². The third-order valence-electron chi connectivity index (χ3n) is 8.25. The molecular formula is C34H37ClN4O3S. The lowest BCUT2D eigenvalue weighted by Gasteiger charge is -2.28. The number of aromatic nitrogens is 3. The van der Waals surface area contributed by atoms with Crippen LogP contribution in [0.15, 0.2) is 48.5 Å². The number of nitrogens with zero attached hydrogens (tertiary/aromatic N) is 4. The first-order valence-electron chi connectivity index (χ1n) is 14.7. The van der Waals surface area contributed by atoms with Gasteiger partial charge in [-0.15, -0.1) is 11.3 Å². The zero-order valence-electron chi connectivity index (χ0n) is 25.4. The zero-order chi connectivity index (χ0) is 30.6. The molecule has 6 rings (SSSR count). The Morgan fingerprint density at radius 1 is 1.16 bits per heavy atom. The summed E-state index contributed by atoms with van der Waals surface area (Å²) in [5.74, 6) is -0.618. The topological polar surface area (TPSA) is 80.5 Å². The number of benzene rings is 3. The van der Waals surface area contributed by atoms with Gasteiger partial charge in [-0.25, -0.2) is 9.78 Å². The molecule has 9 heteroatoms. The number of aliphatic carboxylic acids is 1. The van der Waals surface area contributed by atoms with Gasteiger partial charge in [-0.3, -0.25) is 4.68 Å². The number of carbonyl (C=O) groups is 1. The minimum atomic E-state index is -1.15. The van der Waals surface area contributed by atoms with Gasteiger partial charge in [0.2, 0.25) is 0 Å². The number of ether oxygens (including phenoxy) is 1.